The molecular weight excluding hydrogens is 170 g/mol. The van der Waals surface area contributed by atoms with Crippen molar-refractivity contribution in [3.8, 4) is 0 Å². The largest absolute Gasteiger partial charge is 0.317 e. The van der Waals surface area contributed by atoms with Gasteiger partial charge in [-0.05, 0) is 55.9 Å². The van der Waals surface area contributed by atoms with Gasteiger partial charge in [0.2, 0.25) is 0 Å². The van der Waals surface area contributed by atoms with Crippen LogP contribution in [0.1, 0.15) is 47.0 Å². The zero-order chi connectivity index (χ0) is 10.6. The summed E-state index contributed by atoms with van der Waals surface area (Å²) in [6.45, 7) is 9.85. The van der Waals surface area contributed by atoms with Crippen LogP contribution in [0.4, 0.5) is 0 Å². The molecule has 0 amide bonds. The van der Waals surface area contributed by atoms with E-state index in [-0.39, 0.29) is 0 Å². The van der Waals surface area contributed by atoms with Crippen LogP contribution < -0.4 is 5.32 Å². The van der Waals surface area contributed by atoms with Gasteiger partial charge in [-0.15, -0.1) is 0 Å². The zero-order valence-corrected chi connectivity index (χ0v) is 10.4. The maximum atomic E-state index is 3.47. The smallest absolute Gasteiger partial charge is 0.00744 e. The molecule has 2 saturated carbocycles. The molecule has 14 heavy (non-hydrogen) atoms. The second-order valence-corrected chi connectivity index (χ2v) is 6.47. The molecule has 1 heteroatoms. The first-order valence-corrected chi connectivity index (χ1v) is 6.09. The third-order valence-corrected chi connectivity index (χ3v) is 5.34. The molecule has 2 rings (SSSR count). The van der Waals surface area contributed by atoms with E-state index in [0.29, 0.717) is 16.9 Å². The van der Waals surface area contributed by atoms with E-state index in [9.17, 15) is 0 Å². The lowest BCUT2D eigenvalue weighted by Gasteiger charge is -2.46. The van der Waals surface area contributed by atoms with Gasteiger partial charge in [0, 0.05) is 6.04 Å². The second-order valence-electron chi connectivity index (χ2n) is 6.47. The highest BCUT2D eigenvalue weighted by atomic mass is 14.9. The van der Waals surface area contributed by atoms with E-state index >= 15 is 0 Å². The topological polar surface area (TPSA) is 12.0 Å². The van der Waals surface area contributed by atoms with Crippen LogP contribution in [-0.4, -0.2) is 13.1 Å². The Kier molecular flexibility index (Phi) is 2.23. The molecule has 0 heterocycles. The molecule has 0 aromatic heterocycles. The summed E-state index contributed by atoms with van der Waals surface area (Å²) in [4.78, 5) is 0. The number of hydrogen-bond donors (Lipinski definition) is 1. The van der Waals surface area contributed by atoms with E-state index in [2.05, 4.69) is 40.1 Å². The quantitative estimate of drug-likeness (QED) is 0.714. The molecule has 0 aromatic rings. The summed E-state index contributed by atoms with van der Waals surface area (Å²) in [6, 6.07) is 0.667. The van der Waals surface area contributed by atoms with Crippen LogP contribution in [0.2, 0.25) is 0 Å². The molecule has 2 bridgehead atoms. The van der Waals surface area contributed by atoms with E-state index in [0.717, 1.165) is 11.8 Å². The molecule has 4 atom stereocenters. The Morgan fingerprint density at radius 2 is 1.93 bits per heavy atom. The van der Waals surface area contributed by atoms with Crippen molar-refractivity contribution in [3.63, 3.8) is 0 Å². The van der Waals surface area contributed by atoms with Crippen molar-refractivity contribution < 1.29 is 0 Å². The summed E-state index contributed by atoms with van der Waals surface area (Å²) in [5, 5.41) is 3.47. The van der Waals surface area contributed by atoms with Gasteiger partial charge in [0.1, 0.15) is 0 Å². The molecule has 2 fully saturated rings. The highest BCUT2D eigenvalue weighted by Gasteiger charge is 2.60. The van der Waals surface area contributed by atoms with Gasteiger partial charge >= 0.3 is 0 Å². The number of hydrogen-bond acceptors (Lipinski definition) is 1. The van der Waals surface area contributed by atoms with Gasteiger partial charge < -0.3 is 5.32 Å². The standard InChI is InChI=1S/C13H25N/c1-9(14-5)11-12(2,3)10-6-7-13(11,4)8-10/h9-11,14H,6-8H2,1-5H3. The number of fused-ring (bicyclic) bond motifs is 2. The molecule has 0 spiro atoms. The van der Waals surface area contributed by atoms with Gasteiger partial charge in [-0.3, -0.25) is 0 Å². The molecular formula is C13H25N. The fourth-order valence-electron chi connectivity index (χ4n) is 4.76. The van der Waals surface area contributed by atoms with Crippen LogP contribution in [0.25, 0.3) is 0 Å². The van der Waals surface area contributed by atoms with Crippen molar-refractivity contribution in [1.82, 2.24) is 5.32 Å². The Hall–Kier alpha value is -0.0400. The zero-order valence-electron chi connectivity index (χ0n) is 10.4. The van der Waals surface area contributed by atoms with Crippen LogP contribution in [-0.2, 0) is 0 Å². The van der Waals surface area contributed by atoms with E-state index in [1.807, 2.05) is 0 Å². The van der Waals surface area contributed by atoms with E-state index in [4.69, 9.17) is 0 Å². The number of nitrogens with one attached hydrogen (secondary N) is 1. The number of rotatable bonds is 2. The van der Waals surface area contributed by atoms with Crippen LogP contribution >= 0.6 is 0 Å². The van der Waals surface area contributed by atoms with Gasteiger partial charge in [0.25, 0.3) is 0 Å². The van der Waals surface area contributed by atoms with Crippen molar-refractivity contribution in [1.29, 1.82) is 0 Å². The van der Waals surface area contributed by atoms with Gasteiger partial charge in [0.05, 0.1) is 0 Å². The molecule has 0 radical (unpaired) electrons. The first-order chi connectivity index (χ1) is 6.42. The lowest BCUT2D eigenvalue weighted by molar-refractivity contribution is 0.0484. The highest BCUT2D eigenvalue weighted by molar-refractivity contribution is 5.10. The van der Waals surface area contributed by atoms with Crippen LogP contribution in [0.5, 0.6) is 0 Å². The molecule has 2 aliphatic carbocycles. The van der Waals surface area contributed by atoms with E-state index < -0.39 is 0 Å². The molecule has 4 unspecified atom stereocenters. The molecule has 1 nitrogen and oxygen atoms in total. The summed E-state index contributed by atoms with van der Waals surface area (Å²) in [5.74, 6) is 1.84. The first-order valence-electron chi connectivity index (χ1n) is 6.09. The fourth-order valence-corrected chi connectivity index (χ4v) is 4.76. The lowest BCUT2D eigenvalue weighted by Crippen LogP contribution is -2.46. The normalized spacial score (nSPS) is 46.9. The second kappa shape index (κ2) is 2.98. The minimum absolute atomic E-state index is 0.551. The minimum atomic E-state index is 0.551. The Balaban J connectivity index is 2.30. The van der Waals surface area contributed by atoms with Crippen molar-refractivity contribution in [2.75, 3.05) is 7.05 Å². The third-order valence-electron chi connectivity index (χ3n) is 5.34. The van der Waals surface area contributed by atoms with Crippen molar-refractivity contribution in [2.24, 2.45) is 22.7 Å². The van der Waals surface area contributed by atoms with Crippen LogP contribution in [0, 0.1) is 22.7 Å². The maximum Gasteiger partial charge on any atom is 0.00744 e. The fraction of sp³-hybridized carbons (Fsp3) is 1.00. The summed E-state index contributed by atoms with van der Waals surface area (Å²) in [5.41, 5.74) is 1.17. The Morgan fingerprint density at radius 3 is 2.36 bits per heavy atom. The van der Waals surface area contributed by atoms with E-state index in [1.165, 1.54) is 19.3 Å². The maximum absolute atomic E-state index is 3.47. The lowest BCUT2D eigenvalue weighted by atomic mass is 9.61. The summed E-state index contributed by atoms with van der Waals surface area (Å²) in [6.07, 6.45) is 4.39. The summed E-state index contributed by atoms with van der Waals surface area (Å²) < 4.78 is 0. The summed E-state index contributed by atoms with van der Waals surface area (Å²) >= 11 is 0. The molecule has 0 aromatic carbocycles. The minimum Gasteiger partial charge on any atom is -0.317 e. The molecule has 0 aliphatic heterocycles. The predicted octanol–water partition coefficient (Wildman–Crippen LogP) is 3.06. The predicted molar refractivity (Wildman–Crippen MR) is 61.2 cm³/mol. The van der Waals surface area contributed by atoms with Gasteiger partial charge in [-0.1, -0.05) is 20.8 Å². The van der Waals surface area contributed by atoms with Crippen LogP contribution in [0.15, 0.2) is 0 Å². The molecule has 82 valence electrons. The average Bonchev–Trinajstić information content (AvgIpc) is 2.55. The monoisotopic (exact) mass is 195 g/mol. The van der Waals surface area contributed by atoms with E-state index in [1.54, 1.807) is 0 Å². The summed E-state index contributed by atoms with van der Waals surface area (Å²) in [7, 11) is 2.11. The van der Waals surface area contributed by atoms with Gasteiger partial charge in [-0.2, -0.15) is 0 Å². The van der Waals surface area contributed by atoms with Gasteiger partial charge in [-0.25, -0.2) is 0 Å². The van der Waals surface area contributed by atoms with Gasteiger partial charge in [0.15, 0.2) is 0 Å². The highest BCUT2D eigenvalue weighted by Crippen LogP contribution is 2.66. The van der Waals surface area contributed by atoms with Crippen molar-refractivity contribution >= 4 is 0 Å². The Morgan fingerprint density at radius 1 is 1.29 bits per heavy atom. The Bertz CT molecular complexity index is 229. The average molecular weight is 195 g/mol. The molecule has 2 aliphatic rings. The SMILES string of the molecule is CNC(C)C1C2(C)CCC(C2)C1(C)C. The Labute approximate surface area is 88.7 Å². The first kappa shape index (κ1) is 10.5. The third kappa shape index (κ3) is 1.18. The molecule has 1 N–H and O–H groups in total. The molecule has 0 saturated heterocycles. The van der Waals surface area contributed by atoms with Crippen LogP contribution in [0.3, 0.4) is 0 Å². The van der Waals surface area contributed by atoms with Crippen molar-refractivity contribution in [2.45, 2.75) is 53.0 Å². The van der Waals surface area contributed by atoms with Crippen molar-refractivity contribution in [3.05, 3.63) is 0 Å².